The van der Waals surface area contributed by atoms with Gasteiger partial charge < -0.3 is 14.5 Å². The predicted octanol–water partition coefficient (Wildman–Crippen LogP) is 4.63. The number of non-ortho nitro benzene ring substituents is 1. The second-order valence-corrected chi connectivity index (χ2v) is 6.67. The molecule has 0 radical (unpaired) electrons. The normalized spacial score (nSPS) is 10.6. The molecular formula is C23H16N2O6. The third kappa shape index (κ3) is 4.13. The number of rotatable bonds is 5. The van der Waals surface area contributed by atoms with Crippen LogP contribution in [0.5, 0.6) is 5.75 Å². The van der Waals surface area contributed by atoms with Crippen LogP contribution in [0.4, 0.5) is 11.4 Å². The number of nitro benzene ring substituents is 1. The molecule has 0 aliphatic rings. The van der Waals surface area contributed by atoms with Gasteiger partial charge in [0.25, 0.3) is 11.6 Å². The molecule has 0 saturated carbocycles. The Morgan fingerprint density at radius 2 is 1.71 bits per heavy atom. The first-order valence-electron chi connectivity index (χ1n) is 9.23. The lowest BCUT2D eigenvalue weighted by atomic mass is 10.1. The summed E-state index contributed by atoms with van der Waals surface area (Å²) in [5, 5.41) is 13.9. The number of nitrogens with one attached hydrogen (secondary N) is 1. The number of carbonyl (C=O) groups excluding carboxylic acids is 1. The molecule has 154 valence electrons. The van der Waals surface area contributed by atoms with Gasteiger partial charge in [-0.25, -0.2) is 0 Å². The maximum absolute atomic E-state index is 12.5. The number of amides is 1. The summed E-state index contributed by atoms with van der Waals surface area (Å²) in [5.41, 5.74) is 1.66. The van der Waals surface area contributed by atoms with Gasteiger partial charge in [-0.05, 0) is 54.6 Å². The third-order valence-electron chi connectivity index (χ3n) is 4.70. The highest BCUT2D eigenvalue weighted by Crippen LogP contribution is 2.26. The van der Waals surface area contributed by atoms with Crippen LogP contribution >= 0.6 is 0 Å². The molecule has 31 heavy (non-hydrogen) atoms. The Labute approximate surface area is 175 Å². The van der Waals surface area contributed by atoms with E-state index in [0.29, 0.717) is 39.3 Å². The summed E-state index contributed by atoms with van der Waals surface area (Å²) in [4.78, 5) is 35.0. The van der Waals surface area contributed by atoms with Crippen molar-refractivity contribution >= 4 is 28.3 Å². The Morgan fingerprint density at radius 3 is 2.35 bits per heavy atom. The molecule has 4 aromatic rings. The molecule has 0 fully saturated rings. The van der Waals surface area contributed by atoms with Gasteiger partial charge in [-0.3, -0.25) is 19.7 Å². The number of anilines is 1. The average molecular weight is 416 g/mol. The SMILES string of the molecule is COc1ccc2oc(-c3ccc(NC(=O)c4ccc([N+](=O)[O-])cc4)cc3)cc(=O)c2c1. The first-order valence-corrected chi connectivity index (χ1v) is 9.23. The van der Waals surface area contributed by atoms with E-state index in [1.807, 2.05) is 0 Å². The molecule has 8 nitrogen and oxygen atoms in total. The number of fused-ring (bicyclic) bond motifs is 1. The van der Waals surface area contributed by atoms with E-state index >= 15 is 0 Å². The van der Waals surface area contributed by atoms with Gasteiger partial charge >= 0.3 is 0 Å². The topological polar surface area (TPSA) is 112 Å². The summed E-state index contributed by atoms with van der Waals surface area (Å²) < 4.78 is 11.0. The number of carbonyl (C=O) groups is 1. The number of ether oxygens (including phenoxy) is 1. The minimum atomic E-state index is -0.526. The molecule has 8 heteroatoms. The smallest absolute Gasteiger partial charge is 0.269 e. The van der Waals surface area contributed by atoms with Crippen LogP contribution < -0.4 is 15.5 Å². The van der Waals surface area contributed by atoms with Gasteiger partial charge in [-0.15, -0.1) is 0 Å². The van der Waals surface area contributed by atoms with E-state index in [9.17, 15) is 19.7 Å². The zero-order valence-corrected chi connectivity index (χ0v) is 16.3. The van der Waals surface area contributed by atoms with Gasteiger partial charge in [0.15, 0.2) is 5.43 Å². The summed E-state index contributed by atoms with van der Waals surface area (Å²) in [6, 6.07) is 18.6. The molecule has 0 aliphatic carbocycles. The summed E-state index contributed by atoms with van der Waals surface area (Å²) in [6.45, 7) is 0. The molecule has 0 bridgehead atoms. The van der Waals surface area contributed by atoms with Crippen molar-refractivity contribution in [3.8, 4) is 17.1 Å². The van der Waals surface area contributed by atoms with Crippen molar-refractivity contribution in [3.63, 3.8) is 0 Å². The van der Waals surface area contributed by atoms with Crippen LogP contribution in [0.1, 0.15) is 10.4 Å². The fourth-order valence-corrected chi connectivity index (χ4v) is 3.06. The van der Waals surface area contributed by atoms with Crippen molar-refractivity contribution in [2.75, 3.05) is 12.4 Å². The van der Waals surface area contributed by atoms with Crippen LogP contribution in [0.25, 0.3) is 22.3 Å². The third-order valence-corrected chi connectivity index (χ3v) is 4.70. The van der Waals surface area contributed by atoms with Crippen molar-refractivity contribution in [1.29, 1.82) is 0 Å². The zero-order valence-electron chi connectivity index (χ0n) is 16.3. The number of hydrogen-bond donors (Lipinski definition) is 1. The lowest BCUT2D eigenvalue weighted by Gasteiger charge is -2.08. The molecule has 4 rings (SSSR count). The summed E-state index contributed by atoms with van der Waals surface area (Å²) in [5.74, 6) is 0.574. The van der Waals surface area contributed by atoms with Crippen LogP contribution in [0.2, 0.25) is 0 Å². The predicted molar refractivity (Wildman–Crippen MR) is 116 cm³/mol. The summed E-state index contributed by atoms with van der Waals surface area (Å²) in [6.07, 6.45) is 0. The van der Waals surface area contributed by atoms with Gasteiger partial charge in [0.2, 0.25) is 0 Å². The Balaban J connectivity index is 1.54. The van der Waals surface area contributed by atoms with Crippen LogP contribution in [-0.4, -0.2) is 17.9 Å². The monoisotopic (exact) mass is 416 g/mol. The van der Waals surface area contributed by atoms with Crippen molar-refractivity contribution in [1.82, 2.24) is 0 Å². The average Bonchev–Trinajstić information content (AvgIpc) is 2.79. The Kier molecular flexibility index (Phi) is 5.19. The highest BCUT2D eigenvalue weighted by atomic mass is 16.6. The summed E-state index contributed by atoms with van der Waals surface area (Å²) in [7, 11) is 1.53. The van der Waals surface area contributed by atoms with Gasteiger partial charge in [0, 0.05) is 35.0 Å². The molecule has 1 aromatic heterocycles. The standard InChI is InChI=1S/C23H16N2O6/c1-30-18-10-11-21-19(12-18)20(26)13-22(31-21)14-2-6-16(7-3-14)24-23(27)15-4-8-17(9-5-15)25(28)29/h2-13H,1H3,(H,24,27). The highest BCUT2D eigenvalue weighted by Gasteiger charge is 2.11. The maximum atomic E-state index is 12.5. The maximum Gasteiger partial charge on any atom is 0.269 e. The van der Waals surface area contributed by atoms with Crippen LogP contribution in [-0.2, 0) is 0 Å². The number of hydrogen-bond acceptors (Lipinski definition) is 6. The zero-order chi connectivity index (χ0) is 22.0. The highest BCUT2D eigenvalue weighted by molar-refractivity contribution is 6.04. The van der Waals surface area contributed by atoms with E-state index in [4.69, 9.17) is 9.15 Å². The van der Waals surface area contributed by atoms with Gasteiger partial charge in [-0.2, -0.15) is 0 Å². The van der Waals surface area contributed by atoms with Gasteiger partial charge in [-0.1, -0.05) is 0 Å². The number of benzene rings is 3. The van der Waals surface area contributed by atoms with Crippen molar-refractivity contribution in [3.05, 3.63) is 98.7 Å². The van der Waals surface area contributed by atoms with Gasteiger partial charge in [0.05, 0.1) is 17.4 Å². The van der Waals surface area contributed by atoms with E-state index in [2.05, 4.69) is 5.32 Å². The Hall–Kier alpha value is -4.46. The van der Waals surface area contributed by atoms with Crippen molar-refractivity contribution in [2.45, 2.75) is 0 Å². The van der Waals surface area contributed by atoms with E-state index in [1.54, 1.807) is 42.5 Å². The van der Waals surface area contributed by atoms with Crippen LogP contribution in [0.3, 0.4) is 0 Å². The van der Waals surface area contributed by atoms with E-state index in [0.717, 1.165) is 0 Å². The number of methoxy groups -OCH3 is 1. The first kappa shape index (κ1) is 19.8. The Morgan fingerprint density at radius 1 is 1.00 bits per heavy atom. The second-order valence-electron chi connectivity index (χ2n) is 6.67. The second kappa shape index (κ2) is 8.11. The Bertz CT molecular complexity index is 1340. The fraction of sp³-hybridized carbons (Fsp3) is 0.0435. The molecule has 1 amide bonds. The molecule has 3 aromatic carbocycles. The largest absolute Gasteiger partial charge is 0.497 e. The lowest BCUT2D eigenvalue weighted by Crippen LogP contribution is -2.11. The molecule has 0 aliphatic heterocycles. The first-order chi connectivity index (χ1) is 14.9. The van der Waals surface area contributed by atoms with Crippen LogP contribution in [0, 0.1) is 10.1 Å². The van der Waals surface area contributed by atoms with Crippen molar-refractivity contribution in [2.24, 2.45) is 0 Å². The van der Waals surface area contributed by atoms with Crippen molar-refractivity contribution < 1.29 is 18.9 Å². The van der Waals surface area contributed by atoms with Gasteiger partial charge in [0.1, 0.15) is 17.1 Å². The molecule has 0 saturated heterocycles. The molecule has 1 N–H and O–H groups in total. The number of nitrogens with zero attached hydrogens (tertiary/aromatic N) is 1. The molecule has 0 atom stereocenters. The molecular weight excluding hydrogens is 400 g/mol. The van der Waals surface area contributed by atoms with Crippen LogP contribution in [0.15, 0.2) is 82.0 Å². The fourth-order valence-electron chi connectivity index (χ4n) is 3.06. The molecule has 0 spiro atoms. The summed E-state index contributed by atoms with van der Waals surface area (Å²) >= 11 is 0. The minimum Gasteiger partial charge on any atom is -0.497 e. The minimum absolute atomic E-state index is 0.0868. The van der Waals surface area contributed by atoms with E-state index in [-0.39, 0.29) is 11.1 Å². The quantitative estimate of drug-likeness (QED) is 0.375. The van der Waals surface area contributed by atoms with E-state index < -0.39 is 10.8 Å². The number of nitro groups is 1. The molecule has 0 unspecified atom stereocenters. The molecule has 1 heterocycles. The lowest BCUT2D eigenvalue weighted by molar-refractivity contribution is -0.384. The van der Waals surface area contributed by atoms with E-state index in [1.165, 1.54) is 37.4 Å².